The number of fused-ring (bicyclic) bond motifs is 1. The molecule has 4 rings (SSSR count). The number of carboxylic acid groups (broad SMARTS) is 1. The summed E-state index contributed by atoms with van der Waals surface area (Å²) in [6.45, 7) is 0. The highest BCUT2D eigenvalue weighted by Crippen LogP contribution is 2.38. The molecular formula is C22H20ClN3O5. The van der Waals surface area contributed by atoms with Crippen molar-refractivity contribution in [1.82, 2.24) is 9.99 Å². The van der Waals surface area contributed by atoms with Crippen LogP contribution in [0.1, 0.15) is 43.0 Å². The number of methoxy groups -OCH3 is 1. The Labute approximate surface area is 183 Å². The predicted molar refractivity (Wildman–Crippen MR) is 114 cm³/mol. The number of furan rings is 1. The maximum Gasteiger partial charge on any atom is 0.303 e. The first-order valence-electron chi connectivity index (χ1n) is 9.75. The Bertz CT molecular complexity index is 1160. The Morgan fingerprint density at radius 1 is 1.29 bits per heavy atom. The third-order valence-corrected chi connectivity index (χ3v) is 5.42. The molecule has 0 bridgehead atoms. The van der Waals surface area contributed by atoms with E-state index < -0.39 is 12.0 Å². The van der Waals surface area contributed by atoms with Crippen molar-refractivity contribution in [2.45, 2.75) is 31.7 Å². The average Bonchev–Trinajstić information content (AvgIpc) is 3.42. The Kier molecular flexibility index (Phi) is 5.90. The Balaban J connectivity index is 1.68. The highest BCUT2D eigenvalue weighted by atomic mass is 35.5. The van der Waals surface area contributed by atoms with Gasteiger partial charge in [0.2, 0.25) is 5.91 Å². The molecule has 1 aromatic carbocycles. The molecule has 0 unspecified atom stereocenters. The van der Waals surface area contributed by atoms with Crippen molar-refractivity contribution in [3.63, 3.8) is 0 Å². The van der Waals surface area contributed by atoms with Crippen LogP contribution in [0.15, 0.2) is 52.2 Å². The zero-order chi connectivity index (χ0) is 22.0. The molecule has 0 aliphatic carbocycles. The van der Waals surface area contributed by atoms with Crippen molar-refractivity contribution in [3.05, 3.63) is 59.1 Å². The molecule has 1 aliphatic rings. The standard InChI is InChI=1S/C22H20ClN3O5/c1-30-14-8-7-13-10-15(22(23)24-16(13)11-14)18-12-17(19-4-3-9-31-19)25-26(18)20(27)5-2-6-21(28)29/h3-4,7-11,18H,2,5-6,12H2,1H3,(H,28,29)/t18-/m1/s1. The number of aliphatic carboxylic acids is 1. The van der Waals surface area contributed by atoms with Gasteiger partial charge in [0.25, 0.3) is 0 Å². The fourth-order valence-corrected chi connectivity index (χ4v) is 3.85. The molecule has 1 N–H and O–H groups in total. The van der Waals surface area contributed by atoms with Crippen molar-refractivity contribution in [3.8, 4) is 5.75 Å². The minimum absolute atomic E-state index is 0.0631. The van der Waals surface area contributed by atoms with E-state index in [4.69, 9.17) is 25.9 Å². The largest absolute Gasteiger partial charge is 0.497 e. The number of rotatable bonds is 7. The van der Waals surface area contributed by atoms with E-state index in [1.807, 2.05) is 18.2 Å². The zero-order valence-electron chi connectivity index (χ0n) is 16.7. The van der Waals surface area contributed by atoms with E-state index in [9.17, 15) is 9.59 Å². The van der Waals surface area contributed by atoms with Crippen LogP contribution in [0.3, 0.4) is 0 Å². The molecule has 0 saturated heterocycles. The number of hydrogen-bond donors (Lipinski definition) is 1. The van der Waals surface area contributed by atoms with Crippen molar-refractivity contribution in [2.24, 2.45) is 5.10 Å². The first-order valence-corrected chi connectivity index (χ1v) is 10.1. The number of amides is 1. The Morgan fingerprint density at radius 2 is 2.13 bits per heavy atom. The van der Waals surface area contributed by atoms with Crippen LogP contribution in [-0.4, -0.2) is 39.8 Å². The summed E-state index contributed by atoms with van der Waals surface area (Å²) in [7, 11) is 1.58. The lowest BCUT2D eigenvalue weighted by Gasteiger charge is -2.23. The fourth-order valence-electron chi connectivity index (χ4n) is 3.58. The third-order valence-electron chi connectivity index (χ3n) is 5.12. The zero-order valence-corrected chi connectivity index (χ0v) is 17.5. The van der Waals surface area contributed by atoms with Crippen molar-refractivity contribution in [1.29, 1.82) is 0 Å². The van der Waals surface area contributed by atoms with Crippen molar-refractivity contribution >= 4 is 40.1 Å². The van der Waals surface area contributed by atoms with Gasteiger partial charge in [-0.15, -0.1) is 0 Å². The van der Waals surface area contributed by atoms with E-state index in [2.05, 4.69) is 10.1 Å². The van der Waals surface area contributed by atoms with E-state index in [1.54, 1.807) is 31.6 Å². The van der Waals surface area contributed by atoms with Crippen LogP contribution in [0.25, 0.3) is 10.9 Å². The summed E-state index contributed by atoms with van der Waals surface area (Å²) in [4.78, 5) is 28.2. The lowest BCUT2D eigenvalue weighted by molar-refractivity contribution is -0.137. The molecule has 3 heterocycles. The number of aromatic nitrogens is 1. The number of carbonyl (C=O) groups is 2. The number of halogens is 1. The SMILES string of the molecule is COc1ccc2cc([C@H]3CC(c4ccco4)=NN3C(=O)CCCC(=O)O)c(Cl)nc2c1. The van der Waals surface area contributed by atoms with Crippen molar-refractivity contribution in [2.75, 3.05) is 7.11 Å². The lowest BCUT2D eigenvalue weighted by Crippen LogP contribution is -2.27. The third kappa shape index (κ3) is 4.39. The molecule has 3 aromatic rings. The molecule has 0 fully saturated rings. The van der Waals surface area contributed by atoms with E-state index in [0.717, 1.165) is 5.39 Å². The van der Waals surface area contributed by atoms with Crippen LogP contribution in [0, 0.1) is 0 Å². The molecule has 0 saturated carbocycles. The molecule has 2 aromatic heterocycles. The highest BCUT2D eigenvalue weighted by Gasteiger charge is 2.35. The monoisotopic (exact) mass is 441 g/mol. The molecule has 0 spiro atoms. The topological polar surface area (TPSA) is 105 Å². The second-order valence-corrected chi connectivity index (χ2v) is 7.51. The van der Waals surface area contributed by atoms with Gasteiger partial charge in [-0.2, -0.15) is 5.10 Å². The van der Waals surface area contributed by atoms with Crippen LogP contribution < -0.4 is 4.74 Å². The molecule has 1 aliphatic heterocycles. The number of benzene rings is 1. The van der Waals surface area contributed by atoms with Crippen LogP contribution in [0.2, 0.25) is 5.15 Å². The maximum atomic E-state index is 12.9. The van der Waals surface area contributed by atoms with E-state index >= 15 is 0 Å². The first-order chi connectivity index (χ1) is 15.0. The number of ether oxygens (including phenoxy) is 1. The second kappa shape index (κ2) is 8.77. The number of carboxylic acids is 1. The van der Waals surface area contributed by atoms with Gasteiger partial charge in [0.15, 0.2) is 0 Å². The molecule has 9 heteroatoms. The molecule has 8 nitrogen and oxygen atoms in total. The van der Waals surface area contributed by atoms with Gasteiger partial charge in [0, 0.05) is 36.3 Å². The van der Waals surface area contributed by atoms with Gasteiger partial charge in [-0.05, 0) is 36.8 Å². The summed E-state index contributed by atoms with van der Waals surface area (Å²) in [5, 5.41) is 15.8. The molecule has 1 amide bonds. The fraction of sp³-hybridized carbons (Fsp3) is 0.273. The van der Waals surface area contributed by atoms with Gasteiger partial charge >= 0.3 is 5.97 Å². The number of hydrazone groups is 1. The van der Waals surface area contributed by atoms with Crippen LogP contribution >= 0.6 is 11.6 Å². The van der Waals surface area contributed by atoms with Gasteiger partial charge in [0.05, 0.1) is 24.9 Å². The minimum Gasteiger partial charge on any atom is -0.497 e. The van der Waals surface area contributed by atoms with Crippen LogP contribution in [-0.2, 0) is 9.59 Å². The van der Waals surface area contributed by atoms with Crippen LogP contribution in [0.5, 0.6) is 5.75 Å². The molecule has 0 radical (unpaired) electrons. The smallest absolute Gasteiger partial charge is 0.303 e. The highest BCUT2D eigenvalue weighted by molar-refractivity contribution is 6.30. The van der Waals surface area contributed by atoms with Crippen LogP contribution in [0.4, 0.5) is 0 Å². The average molecular weight is 442 g/mol. The lowest BCUT2D eigenvalue weighted by atomic mass is 10.0. The molecular weight excluding hydrogens is 422 g/mol. The second-order valence-electron chi connectivity index (χ2n) is 7.16. The van der Waals surface area contributed by atoms with Gasteiger partial charge in [-0.3, -0.25) is 9.59 Å². The first kappa shape index (κ1) is 20.9. The van der Waals surface area contributed by atoms with Crippen molar-refractivity contribution < 1.29 is 23.8 Å². The summed E-state index contributed by atoms with van der Waals surface area (Å²) < 4.78 is 10.7. The maximum absolute atomic E-state index is 12.9. The van der Waals surface area contributed by atoms with Gasteiger partial charge in [-0.1, -0.05) is 11.6 Å². The molecule has 160 valence electrons. The minimum atomic E-state index is -0.942. The summed E-state index contributed by atoms with van der Waals surface area (Å²) >= 11 is 6.53. The molecule has 31 heavy (non-hydrogen) atoms. The quantitative estimate of drug-likeness (QED) is 0.544. The van der Waals surface area contributed by atoms with Gasteiger partial charge in [0.1, 0.15) is 22.4 Å². The normalized spacial score (nSPS) is 15.9. The number of hydrogen-bond acceptors (Lipinski definition) is 6. The number of pyridine rings is 1. The summed E-state index contributed by atoms with van der Waals surface area (Å²) in [5.74, 6) is 0.0188. The predicted octanol–water partition coefficient (Wildman–Crippen LogP) is 4.42. The van der Waals surface area contributed by atoms with E-state index in [0.29, 0.717) is 34.7 Å². The van der Waals surface area contributed by atoms with E-state index in [1.165, 1.54) is 5.01 Å². The summed E-state index contributed by atoms with van der Waals surface area (Å²) in [6, 6.07) is 10.5. The molecule has 1 atom stereocenters. The summed E-state index contributed by atoms with van der Waals surface area (Å²) in [6.07, 6.45) is 2.16. The Morgan fingerprint density at radius 3 is 2.84 bits per heavy atom. The number of carbonyl (C=O) groups excluding carboxylic acids is 1. The summed E-state index contributed by atoms with van der Waals surface area (Å²) in [5.41, 5.74) is 1.96. The Hall–Kier alpha value is -3.39. The van der Waals surface area contributed by atoms with E-state index in [-0.39, 0.29) is 30.3 Å². The van der Waals surface area contributed by atoms with Gasteiger partial charge < -0.3 is 14.3 Å². The number of nitrogens with zero attached hydrogens (tertiary/aromatic N) is 3. The van der Waals surface area contributed by atoms with Gasteiger partial charge in [-0.25, -0.2) is 9.99 Å².